The van der Waals surface area contributed by atoms with Crippen LogP contribution in [0.15, 0.2) is 134 Å². The summed E-state index contributed by atoms with van der Waals surface area (Å²) in [5, 5.41) is 0. The third-order valence-electron chi connectivity index (χ3n) is 13.9. The molecule has 0 bridgehead atoms. The van der Waals surface area contributed by atoms with E-state index in [0.717, 1.165) is 161 Å². The molecule has 0 aromatic carbocycles. The van der Waals surface area contributed by atoms with Crippen LogP contribution < -0.4 is 0 Å². The predicted octanol–water partition coefficient (Wildman–Crippen LogP) is 22.9. The molecule has 454 valence electrons. The van der Waals surface area contributed by atoms with E-state index in [4.69, 9.17) is 14.2 Å². The maximum atomic E-state index is 12.9. The van der Waals surface area contributed by atoms with Gasteiger partial charge < -0.3 is 14.2 Å². The molecule has 0 N–H and O–H groups in total. The van der Waals surface area contributed by atoms with E-state index in [0.29, 0.717) is 19.3 Å². The molecule has 0 saturated carbocycles. The van der Waals surface area contributed by atoms with Crippen molar-refractivity contribution < 1.29 is 28.6 Å². The predicted molar refractivity (Wildman–Crippen MR) is 348 cm³/mol. The van der Waals surface area contributed by atoms with Crippen molar-refractivity contribution in [2.24, 2.45) is 0 Å². The SMILES string of the molecule is CC/C=C\C/C=C\C/C=C\C/C=C\C/C=C\C/C=C\CCCCCCC(=O)OCC(COC(=O)CCCCCCCCCCCCCCCCCCCC)OC(=O)CCCCCCC/C=C\C/C=C\C/C=C\C/C=C\C/C=C\CC. The van der Waals surface area contributed by atoms with E-state index < -0.39 is 6.10 Å². The van der Waals surface area contributed by atoms with E-state index in [-0.39, 0.29) is 31.1 Å². The summed E-state index contributed by atoms with van der Waals surface area (Å²) >= 11 is 0. The van der Waals surface area contributed by atoms with Crippen molar-refractivity contribution >= 4 is 17.9 Å². The van der Waals surface area contributed by atoms with Crippen molar-refractivity contribution in [3.8, 4) is 0 Å². The van der Waals surface area contributed by atoms with Crippen LogP contribution in [0, 0.1) is 0 Å². The second-order valence-electron chi connectivity index (χ2n) is 21.6. The van der Waals surface area contributed by atoms with Gasteiger partial charge in [0.25, 0.3) is 0 Å². The first-order chi connectivity index (χ1) is 39.5. The Kier molecular flexibility index (Phi) is 63.3. The van der Waals surface area contributed by atoms with Gasteiger partial charge in [-0.1, -0.05) is 296 Å². The lowest BCUT2D eigenvalue weighted by molar-refractivity contribution is -0.167. The molecule has 6 nitrogen and oxygen atoms in total. The molecule has 0 rings (SSSR count). The minimum atomic E-state index is -0.805. The van der Waals surface area contributed by atoms with Gasteiger partial charge in [-0.05, 0) is 116 Å². The molecule has 80 heavy (non-hydrogen) atoms. The lowest BCUT2D eigenvalue weighted by Crippen LogP contribution is -2.30. The fourth-order valence-corrected chi connectivity index (χ4v) is 9.00. The maximum Gasteiger partial charge on any atom is 0.306 e. The largest absolute Gasteiger partial charge is 0.462 e. The van der Waals surface area contributed by atoms with E-state index >= 15 is 0 Å². The zero-order valence-electron chi connectivity index (χ0n) is 52.0. The standard InChI is InChI=1S/C74H122O6/c1-4-7-10-13-16-19-22-25-28-31-34-36-37-39-40-43-46-49-52-55-58-61-64-67-73(76)79-70-71(69-78-72(75)66-63-60-57-54-51-48-45-42-33-30-27-24-21-18-15-12-9-6-3)80-74(77)68-65-62-59-56-53-50-47-44-41-38-35-32-29-26-23-20-17-14-11-8-5-2/h7-8,10-11,16-17,19-20,25-26,28-29,34-36,38-40,44,46-47,49,71H,4-6,9,12-15,18,21-24,27,30-33,37,41-43,45,48,50-70H2,1-3H3/b10-7-,11-8-,19-16-,20-17-,28-25-,29-26-,36-34-,38-35-,40-39-,47-44-,49-46-. The molecular weight excluding hydrogens is 985 g/mol. The van der Waals surface area contributed by atoms with Crippen LogP contribution in [0.25, 0.3) is 0 Å². The van der Waals surface area contributed by atoms with Gasteiger partial charge in [0.2, 0.25) is 0 Å². The van der Waals surface area contributed by atoms with Crippen LogP contribution in [-0.2, 0) is 28.6 Å². The van der Waals surface area contributed by atoms with Gasteiger partial charge in [-0.15, -0.1) is 0 Å². The average Bonchev–Trinajstić information content (AvgIpc) is 3.46. The number of unbranched alkanes of at least 4 members (excludes halogenated alkanes) is 26. The number of carbonyl (C=O) groups excluding carboxylic acids is 3. The van der Waals surface area contributed by atoms with Crippen molar-refractivity contribution in [2.75, 3.05) is 13.2 Å². The Labute approximate surface area is 494 Å². The van der Waals surface area contributed by atoms with Gasteiger partial charge >= 0.3 is 17.9 Å². The summed E-state index contributed by atoms with van der Waals surface area (Å²) < 4.78 is 16.9. The van der Waals surface area contributed by atoms with Gasteiger partial charge in [-0.3, -0.25) is 14.4 Å². The number of allylic oxidation sites excluding steroid dienone is 22. The van der Waals surface area contributed by atoms with Gasteiger partial charge in [0.1, 0.15) is 13.2 Å². The number of hydrogen-bond donors (Lipinski definition) is 0. The quantitative estimate of drug-likeness (QED) is 0.0261. The van der Waals surface area contributed by atoms with Crippen LogP contribution >= 0.6 is 0 Å². The normalized spacial score (nSPS) is 13.0. The third kappa shape index (κ3) is 64.4. The monoisotopic (exact) mass is 1110 g/mol. The number of ether oxygens (including phenoxy) is 3. The first kappa shape index (κ1) is 75.5. The summed E-state index contributed by atoms with van der Waals surface area (Å²) in [6.07, 6.45) is 94.5. The van der Waals surface area contributed by atoms with E-state index in [2.05, 4.69) is 154 Å². The van der Waals surface area contributed by atoms with Gasteiger partial charge in [-0.2, -0.15) is 0 Å². The molecule has 1 unspecified atom stereocenters. The van der Waals surface area contributed by atoms with Crippen LogP contribution in [0.3, 0.4) is 0 Å². The molecule has 6 heteroatoms. The van der Waals surface area contributed by atoms with E-state index in [1.165, 1.54) is 96.3 Å². The van der Waals surface area contributed by atoms with E-state index in [1.807, 2.05) is 0 Å². The molecule has 0 aromatic rings. The van der Waals surface area contributed by atoms with Gasteiger partial charge in [-0.25, -0.2) is 0 Å². The van der Waals surface area contributed by atoms with Crippen molar-refractivity contribution in [3.05, 3.63) is 134 Å². The van der Waals surface area contributed by atoms with Crippen LogP contribution in [0.4, 0.5) is 0 Å². The zero-order valence-corrected chi connectivity index (χ0v) is 52.0. The maximum absolute atomic E-state index is 12.9. The molecule has 0 aliphatic heterocycles. The molecule has 0 aromatic heterocycles. The number of hydrogen-bond acceptors (Lipinski definition) is 6. The first-order valence-corrected chi connectivity index (χ1v) is 33.2. The molecule has 0 heterocycles. The Morgan fingerprint density at radius 1 is 0.263 bits per heavy atom. The third-order valence-corrected chi connectivity index (χ3v) is 13.9. The molecule has 0 aliphatic carbocycles. The number of rotatable bonds is 59. The minimum Gasteiger partial charge on any atom is -0.462 e. The lowest BCUT2D eigenvalue weighted by atomic mass is 10.0. The second kappa shape index (κ2) is 67.1. The average molecular weight is 1110 g/mol. The van der Waals surface area contributed by atoms with Crippen molar-refractivity contribution in [2.45, 2.75) is 303 Å². The summed E-state index contributed by atoms with van der Waals surface area (Å²) in [5.41, 5.74) is 0. The van der Waals surface area contributed by atoms with Gasteiger partial charge in [0.05, 0.1) is 0 Å². The Hall–Kier alpha value is -4.45. The Morgan fingerprint density at radius 3 is 0.762 bits per heavy atom. The summed E-state index contributed by atoms with van der Waals surface area (Å²) in [4.78, 5) is 38.4. The highest BCUT2D eigenvalue weighted by Gasteiger charge is 2.19. The van der Waals surface area contributed by atoms with Crippen molar-refractivity contribution in [1.29, 1.82) is 0 Å². The highest BCUT2D eigenvalue weighted by atomic mass is 16.6. The fraction of sp³-hybridized carbons (Fsp3) is 0.662. The first-order valence-electron chi connectivity index (χ1n) is 33.2. The molecule has 0 saturated heterocycles. The second-order valence-corrected chi connectivity index (χ2v) is 21.6. The van der Waals surface area contributed by atoms with Crippen LogP contribution in [-0.4, -0.2) is 37.2 Å². The number of esters is 3. The summed E-state index contributed by atoms with van der Waals surface area (Å²) in [6.45, 7) is 6.40. The van der Waals surface area contributed by atoms with E-state index in [1.54, 1.807) is 0 Å². The van der Waals surface area contributed by atoms with Crippen LogP contribution in [0.1, 0.15) is 297 Å². The smallest absolute Gasteiger partial charge is 0.306 e. The van der Waals surface area contributed by atoms with Crippen molar-refractivity contribution in [3.63, 3.8) is 0 Å². The molecule has 0 spiro atoms. The fourth-order valence-electron chi connectivity index (χ4n) is 9.00. The van der Waals surface area contributed by atoms with Gasteiger partial charge in [0.15, 0.2) is 6.10 Å². The molecule has 0 fully saturated rings. The lowest BCUT2D eigenvalue weighted by Gasteiger charge is -2.18. The molecule has 0 aliphatic rings. The van der Waals surface area contributed by atoms with E-state index in [9.17, 15) is 14.4 Å². The molecule has 0 radical (unpaired) electrons. The Balaban J connectivity index is 4.49. The molecule has 1 atom stereocenters. The summed E-state index contributed by atoms with van der Waals surface area (Å²) in [6, 6.07) is 0. The Bertz CT molecular complexity index is 1700. The van der Waals surface area contributed by atoms with Crippen molar-refractivity contribution in [1.82, 2.24) is 0 Å². The number of carbonyl (C=O) groups is 3. The highest BCUT2D eigenvalue weighted by Crippen LogP contribution is 2.16. The topological polar surface area (TPSA) is 78.9 Å². The van der Waals surface area contributed by atoms with Crippen LogP contribution in [0.5, 0.6) is 0 Å². The summed E-state index contributed by atoms with van der Waals surface area (Å²) in [5.74, 6) is -0.934. The Morgan fingerprint density at radius 2 is 0.487 bits per heavy atom. The highest BCUT2D eigenvalue weighted by molar-refractivity contribution is 5.71. The van der Waals surface area contributed by atoms with Crippen LogP contribution in [0.2, 0.25) is 0 Å². The molecule has 0 amide bonds. The molecular formula is C74H122O6. The summed E-state index contributed by atoms with van der Waals surface area (Å²) in [7, 11) is 0. The van der Waals surface area contributed by atoms with Gasteiger partial charge in [0, 0.05) is 19.3 Å². The minimum absolute atomic E-state index is 0.0959. The zero-order chi connectivity index (χ0) is 57.8.